The number of hydrogen-bond acceptors (Lipinski definition) is 4. The second-order valence-electron chi connectivity index (χ2n) is 6.15. The highest BCUT2D eigenvalue weighted by molar-refractivity contribution is 5.78. The van der Waals surface area contributed by atoms with Crippen molar-refractivity contribution in [1.29, 1.82) is 0 Å². The maximum atomic E-state index is 12.6. The Kier molecular flexibility index (Phi) is 5.50. The molecule has 0 N–H and O–H groups in total. The van der Waals surface area contributed by atoms with Crippen LogP contribution in [0.4, 0.5) is 0 Å². The number of aromatic nitrogens is 2. The van der Waals surface area contributed by atoms with Crippen LogP contribution < -0.4 is 0 Å². The van der Waals surface area contributed by atoms with E-state index < -0.39 is 0 Å². The van der Waals surface area contributed by atoms with Gasteiger partial charge in [-0.15, -0.1) is 0 Å². The zero-order valence-electron chi connectivity index (χ0n) is 15.1. The first-order valence-corrected chi connectivity index (χ1v) is 8.70. The van der Waals surface area contributed by atoms with Gasteiger partial charge in [0.2, 0.25) is 5.91 Å². The average Bonchev–Trinajstić information content (AvgIpc) is 2.94. The maximum absolute atomic E-state index is 12.6. The molecule has 134 valence electrons. The van der Waals surface area contributed by atoms with E-state index in [1.54, 1.807) is 0 Å². The molecule has 0 spiro atoms. The lowest BCUT2D eigenvalue weighted by Gasteiger charge is -2.36. The molecule has 2 heterocycles. The topological polar surface area (TPSA) is 56.6 Å². The van der Waals surface area contributed by atoms with E-state index >= 15 is 0 Å². The first-order valence-electron chi connectivity index (χ1n) is 8.70. The van der Waals surface area contributed by atoms with Crippen LogP contribution in [-0.4, -0.2) is 53.6 Å². The smallest absolute Gasteiger partial charge is 0.249 e. The van der Waals surface area contributed by atoms with Gasteiger partial charge in [-0.25, -0.2) is 4.68 Å². The summed E-state index contributed by atoms with van der Waals surface area (Å²) in [7, 11) is 0. The van der Waals surface area contributed by atoms with Gasteiger partial charge in [0.25, 0.3) is 0 Å². The van der Waals surface area contributed by atoms with Crippen molar-refractivity contribution in [3.8, 4) is 5.69 Å². The summed E-state index contributed by atoms with van der Waals surface area (Å²) >= 11 is 0. The van der Waals surface area contributed by atoms with Crippen molar-refractivity contribution in [2.75, 3.05) is 33.0 Å². The number of aryl methyl sites for hydroxylation is 1. The fraction of sp³-hybridized carbons (Fsp3) is 0.474. The number of carbonyl (C=O) groups excluding carboxylic acids is 1. The summed E-state index contributed by atoms with van der Waals surface area (Å²) in [5, 5.41) is 4.70. The van der Waals surface area contributed by atoms with Crippen LogP contribution in [0.3, 0.4) is 0 Å². The molecule has 6 nitrogen and oxygen atoms in total. The standard InChI is InChI=1S/C19H25N3O3/c1-4-24-13-18(23)21-10-11-25-12-17(21)19-14(2)20-22(15(19)3)16-8-6-5-7-9-16/h5-9,17H,4,10-13H2,1-3H3/t17-/m1/s1. The van der Waals surface area contributed by atoms with Crippen LogP contribution in [0.5, 0.6) is 0 Å². The van der Waals surface area contributed by atoms with E-state index in [9.17, 15) is 4.79 Å². The predicted molar refractivity (Wildman–Crippen MR) is 94.8 cm³/mol. The molecule has 0 saturated carbocycles. The number of hydrogen-bond donors (Lipinski definition) is 0. The molecular formula is C19H25N3O3. The van der Waals surface area contributed by atoms with Gasteiger partial charge in [0, 0.05) is 24.4 Å². The third-order valence-corrected chi connectivity index (χ3v) is 4.56. The SMILES string of the molecule is CCOCC(=O)N1CCOC[C@@H]1c1c(C)nn(-c2ccccc2)c1C. The number of benzene rings is 1. The van der Waals surface area contributed by atoms with Crippen LogP contribution >= 0.6 is 0 Å². The van der Waals surface area contributed by atoms with Gasteiger partial charge < -0.3 is 14.4 Å². The van der Waals surface area contributed by atoms with Crippen LogP contribution in [0.15, 0.2) is 30.3 Å². The fourth-order valence-electron chi connectivity index (χ4n) is 3.37. The molecule has 25 heavy (non-hydrogen) atoms. The summed E-state index contributed by atoms with van der Waals surface area (Å²) in [6.07, 6.45) is 0. The third kappa shape index (κ3) is 3.60. The quantitative estimate of drug-likeness (QED) is 0.837. The van der Waals surface area contributed by atoms with Crippen molar-refractivity contribution in [2.45, 2.75) is 26.8 Å². The van der Waals surface area contributed by atoms with E-state index in [0.29, 0.717) is 26.4 Å². The molecule has 1 saturated heterocycles. The molecule has 1 aromatic carbocycles. The summed E-state index contributed by atoms with van der Waals surface area (Å²) < 4.78 is 12.9. The molecule has 0 unspecified atom stereocenters. The second-order valence-corrected chi connectivity index (χ2v) is 6.15. The van der Waals surface area contributed by atoms with Gasteiger partial charge in [0.15, 0.2) is 0 Å². The van der Waals surface area contributed by atoms with Crippen LogP contribution in [0, 0.1) is 13.8 Å². The number of rotatable bonds is 5. The molecule has 1 atom stereocenters. The summed E-state index contributed by atoms with van der Waals surface area (Å²) in [5.74, 6) is 0.00131. The van der Waals surface area contributed by atoms with E-state index in [4.69, 9.17) is 14.6 Å². The minimum atomic E-state index is -0.126. The van der Waals surface area contributed by atoms with Crippen LogP contribution in [0.1, 0.15) is 29.9 Å². The molecule has 2 aromatic rings. The van der Waals surface area contributed by atoms with E-state index in [0.717, 1.165) is 22.6 Å². The second kappa shape index (κ2) is 7.80. The first-order chi connectivity index (χ1) is 12.1. The van der Waals surface area contributed by atoms with E-state index in [-0.39, 0.29) is 18.6 Å². The molecule has 1 aliphatic heterocycles. The number of ether oxygens (including phenoxy) is 2. The summed E-state index contributed by atoms with van der Waals surface area (Å²) in [4.78, 5) is 14.4. The monoisotopic (exact) mass is 343 g/mol. The fourth-order valence-corrected chi connectivity index (χ4v) is 3.37. The summed E-state index contributed by atoms with van der Waals surface area (Å²) in [6.45, 7) is 8.18. The summed E-state index contributed by atoms with van der Waals surface area (Å²) in [6, 6.07) is 9.90. The lowest BCUT2D eigenvalue weighted by atomic mass is 10.0. The lowest BCUT2D eigenvalue weighted by molar-refractivity contribution is -0.145. The highest BCUT2D eigenvalue weighted by atomic mass is 16.5. The lowest BCUT2D eigenvalue weighted by Crippen LogP contribution is -2.45. The Hall–Kier alpha value is -2.18. The largest absolute Gasteiger partial charge is 0.377 e. The minimum Gasteiger partial charge on any atom is -0.377 e. The van der Waals surface area contributed by atoms with Crippen LogP contribution in [0.25, 0.3) is 5.69 Å². The van der Waals surface area contributed by atoms with Crippen molar-refractivity contribution >= 4 is 5.91 Å². The number of nitrogens with zero attached hydrogens (tertiary/aromatic N) is 3. The van der Waals surface area contributed by atoms with Gasteiger partial charge in [-0.3, -0.25) is 4.79 Å². The minimum absolute atomic E-state index is 0.00131. The molecule has 1 amide bonds. The number of para-hydroxylation sites is 1. The first kappa shape index (κ1) is 17.6. The maximum Gasteiger partial charge on any atom is 0.249 e. The number of amides is 1. The Bertz CT molecular complexity index is 727. The van der Waals surface area contributed by atoms with Gasteiger partial charge >= 0.3 is 0 Å². The van der Waals surface area contributed by atoms with E-state index in [2.05, 4.69) is 0 Å². The molecular weight excluding hydrogens is 318 g/mol. The number of morpholine rings is 1. The van der Waals surface area contributed by atoms with Gasteiger partial charge in [-0.2, -0.15) is 5.10 Å². The Morgan fingerprint density at radius 2 is 2.08 bits per heavy atom. The van der Waals surface area contributed by atoms with Crippen molar-refractivity contribution in [3.05, 3.63) is 47.3 Å². The van der Waals surface area contributed by atoms with Crippen LogP contribution in [0.2, 0.25) is 0 Å². The van der Waals surface area contributed by atoms with Crippen molar-refractivity contribution in [1.82, 2.24) is 14.7 Å². The van der Waals surface area contributed by atoms with E-state index in [1.807, 2.05) is 60.7 Å². The molecule has 0 bridgehead atoms. The summed E-state index contributed by atoms with van der Waals surface area (Å²) in [5.41, 5.74) is 4.03. The van der Waals surface area contributed by atoms with Gasteiger partial charge in [-0.1, -0.05) is 18.2 Å². The molecule has 1 aliphatic rings. The van der Waals surface area contributed by atoms with Crippen LogP contribution in [-0.2, 0) is 14.3 Å². The van der Waals surface area contributed by atoms with Gasteiger partial charge in [0.05, 0.1) is 30.6 Å². The van der Waals surface area contributed by atoms with Crippen molar-refractivity contribution < 1.29 is 14.3 Å². The molecule has 6 heteroatoms. The Labute approximate surface area is 148 Å². The van der Waals surface area contributed by atoms with Gasteiger partial charge in [0.1, 0.15) is 6.61 Å². The molecule has 1 aromatic heterocycles. The van der Waals surface area contributed by atoms with E-state index in [1.165, 1.54) is 0 Å². The zero-order chi connectivity index (χ0) is 17.8. The molecule has 0 radical (unpaired) electrons. The third-order valence-electron chi connectivity index (χ3n) is 4.56. The zero-order valence-corrected chi connectivity index (χ0v) is 15.1. The molecule has 3 rings (SSSR count). The van der Waals surface area contributed by atoms with Crippen molar-refractivity contribution in [2.24, 2.45) is 0 Å². The Morgan fingerprint density at radius 1 is 1.32 bits per heavy atom. The number of carbonyl (C=O) groups is 1. The molecule has 1 fully saturated rings. The average molecular weight is 343 g/mol. The normalized spacial score (nSPS) is 17.7. The van der Waals surface area contributed by atoms with Crippen molar-refractivity contribution in [3.63, 3.8) is 0 Å². The highest BCUT2D eigenvalue weighted by Gasteiger charge is 2.32. The molecule has 0 aliphatic carbocycles. The Balaban J connectivity index is 1.94. The highest BCUT2D eigenvalue weighted by Crippen LogP contribution is 2.30. The predicted octanol–water partition coefficient (Wildman–Crippen LogP) is 2.43. The Morgan fingerprint density at radius 3 is 2.80 bits per heavy atom. The van der Waals surface area contributed by atoms with Gasteiger partial charge in [-0.05, 0) is 32.9 Å².